The molecule has 0 saturated carbocycles. The average molecular weight is 267 g/mol. The van der Waals surface area contributed by atoms with Gasteiger partial charge in [-0.05, 0) is 13.3 Å². The molecule has 2 heterocycles. The number of hydrogen-bond acceptors (Lipinski definition) is 2. The topological polar surface area (TPSA) is 39.3 Å². The third kappa shape index (κ3) is 2.03. The van der Waals surface area contributed by atoms with Crippen molar-refractivity contribution >= 4 is 5.78 Å². The Bertz CT molecular complexity index is 800. The van der Waals surface area contributed by atoms with E-state index in [1.807, 2.05) is 43.5 Å². The van der Waals surface area contributed by atoms with E-state index >= 15 is 0 Å². The highest BCUT2D eigenvalue weighted by Gasteiger charge is 2.10. The number of nitrogens with zero attached hydrogens (tertiary/aromatic N) is 3. The van der Waals surface area contributed by atoms with Crippen LogP contribution < -0.4 is 5.56 Å². The van der Waals surface area contributed by atoms with E-state index in [-0.39, 0.29) is 5.56 Å². The summed E-state index contributed by atoms with van der Waals surface area (Å²) >= 11 is 0. The van der Waals surface area contributed by atoms with E-state index in [2.05, 4.69) is 16.5 Å². The Morgan fingerprint density at radius 1 is 1.20 bits per heavy atom. The molecule has 0 unspecified atom stereocenters. The zero-order chi connectivity index (χ0) is 14.1. The first-order valence-corrected chi connectivity index (χ1v) is 6.85. The van der Waals surface area contributed by atoms with Gasteiger partial charge in [0.15, 0.2) is 0 Å². The molecule has 0 spiro atoms. The van der Waals surface area contributed by atoms with Gasteiger partial charge in [-0.3, -0.25) is 9.20 Å². The van der Waals surface area contributed by atoms with Gasteiger partial charge in [0.2, 0.25) is 5.78 Å². The Hall–Kier alpha value is -2.36. The van der Waals surface area contributed by atoms with Crippen LogP contribution in [0.25, 0.3) is 17.0 Å². The molecule has 0 atom stereocenters. The van der Waals surface area contributed by atoms with Crippen LogP contribution in [0, 0.1) is 6.92 Å². The van der Waals surface area contributed by atoms with Gasteiger partial charge in [0.05, 0.1) is 5.69 Å². The van der Waals surface area contributed by atoms with E-state index in [0.29, 0.717) is 0 Å². The van der Waals surface area contributed by atoms with Crippen molar-refractivity contribution in [2.24, 2.45) is 0 Å². The van der Waals surface area contributed by atoms with E-state index in [1.165, 1.54) is 0 Å². The Balaban J connectivity index is 2.27. The third-order valence-electron chi connectivity index (χ3n) is 3.44. The van der Waals surface area contributed by atoms with Gasteiger partial charge in [-0.1, -0.05) is 37.3 Å². The van der Waals surface area contributed by atoms with Crippen LogP contribution in [-0.4, -0.2) is 14.0 Å². The van der Waals surface area contributed by atoms with Crippen LogP contribution in [0.15, 0.2) is 47.4 Å². The number of aromatic nitrogens is 3. The maximum absolute atomic E-state index is 12.1. The molecule has 4 heteroatoms. The summed E-state index contributed by atoms with van der Waals surface area (Å²) < 4.78 is 3.72. The first-order valence-electron chi connectivity index (χ1n) is 6.85. The molecule has 0 saturated heterocycles. The van der Waals surface area contributed by atoms with Gasteiger partial charge in [0, 0.05) is 30.1 Å². The molecular weight excluding hydrogens is 250 g/mol. The van der Waals surface area contributed by atoms with E-state index in [9.17, 15) is 4.79 Å². The molecule has 0 radical (unpaired) electrons. The number of fused-ring (bicyclic) bond motifs is 1. The summed E-state index contributed by atoms with van der Waals surface area (Å²) in [6.45, 7) is 4.93. The van der Waals surface area contributed by atoms with Crippen molar-refractivity contribution in [2.75, 3.05) is 0 Å². The van der Waals surface area contributed by atoms with Crippen molar-refractivity contribution in [1.29, 1.82) is 0 Å². The SMILES string of the molecule is CCCn1c(C)cc(=O)n2cc(-c3ccccc3)nc12. The van der Waals surface area contributed by atoms with Gasteiger partial charge >= 0.3 is 0 Å². The average Bonchev–Trinajstić information content (AvgIpc) is 2.90. The summed E-state index contributed by atoms with van der Waals surface area (Å²) in [5, 5.41) is 0. The molecular formula is C16H17N3O. The van der Waals surface area contributed by atoms with E-state index in [4.69, 9.17) is 0 Å². The summed E-state index contributed by atoms with van der Waals surface area (Å²) in [6.07, 6.45) is 2.82. The highest BCUT2D eigenvalue weighted by atomic mass is 16.1. The quantitative estimate of drug-likeness (QED) is 0.732. The summed E-state index contributed by atoms with van der Waals surface area (Å²) in [5.41, 5.74) is 2.78. The van der Waals surface area contributed by atoms with Crippen LogP contribution in [0.4, 0.5) is 0 Å². The molecule has 0 fully saturated rings. The monoisotopic (exact) mass is 267 g/mol. The van der Waals surface area contributed by atoms with Gasteiger partial charge in [0.25, 0.3) is 5.56 Å². The molecule has 0 aliphatic rings. The molecule has 102 valence electrons. The number of benzene rings is 1. The van der Waals surface area contributed by atoms with Crippen LogP contribution in [0.1, 0.15) is 19.0 Å². The predicted octanol–water partition coefficient (Wildman–Crippen LogP) is 2.88. The van der Waals surface area contributed by atoms with E-state index in [1.54, 1.807) is 10.5 Å². The lowest BCUT2D eigenvalue weighted by atomic mass is 10.2. The lowest BCUT2D eigenvalue weighted by Crippen LogP contribution is -2.18. The molecule has 1 aromatic carbocycles. The smallest absolute Gasteiger partial charge is 0.259 e. The minimum absolute atomic E-state index is 0.0282. The minimum atomic E-state index is -0.0282. The largest absolute Gasteiger partial charge is 0.315 e. The molecule has 0 N–H and O–H groups in total. The van der Waals surface area contributed by atoms with Gasteiger partial charge in [-0.2, -0.15) is 0 Å². The van der Waals surface area contributed by atoms with Gasteiger partial charge in [0.1, 0.15) is 0 Å². The zero-order valence-corrected chi connectivity index (χ0v) is 11.7. The Morgan fingerprint density at radius 3 is 2.65 bits per heavy atom. The second kappa shape index (κ2) is 4.96. The predicted molar refractivity (Wildman–Crippen MR) is 79.9 cm³/mol. The fourth-order valence-electron chi connectivity index (χ4n) is 2.45. The molecule has 3 aromatic rings. The zero-order valence-electron chi connectivity index (χ0n) is 11.7. The number of rotatable bonds is 3. The summed E-state index contributed by atoms with van der Waals surface area (Å²) in [7, 11) is 0. The Labute approximate surface area is 117 Å². The van der Waals surface area contributed by atoms with Crippen LogP contribution >= 0.6 is 0 Å². The Kier molecular flexibility index (Phi) is 3.14. The van der Waals surface area contributed by atoms with E-state index < -0.39 is 0 Å². The van der Waals surface area contributed by atoms with Crippen LogP contribution in [-0.2, 0) is 6.54 Å². The number of hydrogen-bond donors (Lipinski definition) is 0. The van der Waals surface area contributed by atoms with Crippen molar-refractivity contribution in [3.05, 3.63) is 58.6 Å². The molecule has 0 amide bonds. The first-order chi connectivity index (χ1) is 9.70. The lowest BCUT2D eigenvalue weighted by molar-refractivity contribution is 0.655. The van der Waals surface area contributed by atoms with E-state index in [0.717, 1.165) is 35.7 Å². The Morgan fingerprint density at radius 2 is 1.95 bits per heavy atom. The maximum Gasteiger partial charge on any atom is 0.259 e. The van der Waals surface area contributed by atoms with Crippen LogP contribution in [0.2, 0.25) is 0 Å². The molecule has 3 rings (SSSR count). The first kappa shape index (κ1) is 12.7. The van der Waals surface area contributed by atoms with Gasteiger partial charge < -0.3 is 4.57 Å². The molecule has 0 aliphatic heterocycles. The van der Waals surface area contributed by atoms with Crippen LogP contribution in [0.5, 0.6) is 0 Å². The molecule has 20 heavy (non-hydrogen) atoms. The maximum atomic E-state index is 12.1. The summed E-state index contributed by atoms with van der Waals surface area (Å²) in [5.74, 6) is 0.718. The second-order valence-electron chi connectivity index (χ2n) is 4.94. The molecule has 2 aromatic heterocycles. The number of imidazole rings is 1. The normalized spacial score (nSPS) is 11.1. The molecule has 4 nitrogen and oxygen atoms in total. The lowest BCUT2D eigenvalue weighted by Gasteiger charge is -2.10. The van der Waals surface area contributed by atoms with Crippen LogP contribution in [0.3, 0.4) is 0 Å². The highest BCUT2D eigenvalue weighted by Crippen LogP contribution is 2.18. The minimum Gasteiger partial charge on any atom is -0.315 e. The fourth-order valence-corrected chi connectivity index (χ4v) is 2.45. The standard InChI is InChI=1S/C16H17N3O/c1-3-9-18-12(2)10-15(20)19-11-14(17-16(18)19)13-7-5-4-6-8-13/h4-8,10-11H,3,9H2,1-2H3. The second-order valence-corrected chi connectivity index (χ2v) is 4.94. The van der Waals surface area contributed by atoms with Crippen molar-refractivity contribution < 1.29 is 0 Å². The van der Waals surface area contributed by atoms with Gasteiger partial charge in [-0.15, -0.1) is 0 Å². The van der Waals surface area contributed by atoms with Crippen molar-refractivity contribution in [3.8, 4) is 11.3 Å². The van der Waals surface area contributed by atoms with Crippen molar-refractivity contribution in [1.82, 2.24) is 14.0 Å². The summed E-state index contributed by atoms with van der Waals surface area (Å²) in [4.78, 5) is 16.8. The van der Waals surface area contributed by atoms with Crippen molar-refractivity contribution in [2.45, 2.75) is 26.8 Å². The number of aryl methyl sites for hydroxylation is 2. The highest BCUT2D eigenvalue weighted by molar-refractivity contribution is 5.61. The van der Waals surface area contributed by atoms with Crippen molar-refractivity contribution in [3.63, 3.8) is 0 Å². The van der Waals surface area contributed by atoms with Gasteiger partial charge in [-0.25, -0.2) is 4.98 Å². The molecule has 0 bridgehead atoms. The molecule has 0 aliphatic carbocycles. The summed E-state index contributed by atoms with van der Waals surface area (Å²) in [6, 6.07) is 11.6. The third-order valence-corrected chi connectivity index (χ3v) is 3.44. The fraction of sp³-hybridized carbons (Fsp3) is 0.250.